The number of rotatable bonds is 6. The third-order valence-corrected chi connectivity index (χ3v) is 3.12. The SMILES string of the molecule is CCCc1cc(C)cc(CCC)c1/C=C/C(=O)OC. The average molecular weight is 260 g/mol. The molecule has 2 nitrogen and oxygen atoms in total. The Morgan fingerprint density at radius 2 is 1.68 bits per heavy atom. The maximum Gasteiger partial charge on any atom is 0.330 e. The van der Waals surface area contributed by atoms with E-state index in [0.717, 1.165) is 25.7 Å². The number of benzene rings is 1. The summed E-state index contributed by atoms with van der Waals surface area (Å²) in [4.78, 5) is 11.3. The lowest BCUT2D eigenvalue weighted by Gasteiger charge is -2.13. The van der Waals surface area contributed by atoms with Gasteiger partial charge in [-0.2, -0.15) is 0 Å². The minimum Gasteiger partial charge on any atom is -0.466 e. The Kier molecular flexibility index (Phi) is 6.34. The molecule has 0 N–H and O–H groups in total. The molecule has 2 heteroatoms. The van der Waals surface area contributed by atoms with Crippen LogP contribution in [0, 0.1) is 6.92 Å². The van der Waals surface area contributed by atoms with Gasteiger partial charge in [-0.05, 0) is 42.5 Å². The van der Waals surface area contributed by atoms with Gasteiger partial charge in [0.05, 0.1) is 7.11 Å². The number of carbonyl (C=O) groups is 1. The van der Waals surface area contributed by atoms with Crippen LogP contribution in [0.25, 0.3) is 6.08 Å². The van der Waals surface area contributed by atoms with Crippen LogP contribution in [0.4, 0.5) is 0 Å². The molecule has 0 amide bonds. The van der Waals surface area contributed by atoms with Crippen LogP contribution in [0.15, 0.2) is 18.2 Å². The molecule has 0 saturated carbocycles. The number of methoxy groups -OCH3 is 1. The van der Waals surface area contributed by atoms with Crippen LogP contribution in [0.2, 0.25) is 0 Å². The number of ether oxygens (including phenoxy) is 1. The van der Waals surface area contributed by atoms with Crippen LogP contribution in [-0.4, -0.2) is 13.1 Å². The van der Waals surface area contributed by atoms with Crippen LogP contribution >= 0.6 is 0 Å². The van der Waals surface area contributed by atoms with Gasteiger partial charge in [0.15, 0.2) is 0 Å². The van der Waals surface area contributed by atoms with Crippen molar-refractivity contribution in [1.29, 1.82) is 0 Å². The van der Waals surface area contributed by atoms with Gasteiger partial charge in [0.2, 0.25) is 0 Å². The van der Waals surface area contributed by atoms with Gasteiger partial charge in [-0.1, -0.05) is 44.4 Å². The van der Waals surface area contributed by atoms with Crippen molar-refractivity contribution in [1.82, 2.24) is 0 Å². The number of esters is 1. The molecule has 0 fully saturated rings. The molecule has 0 unspecified atom stereocenters. The Bertz CT molecular complexity index is 431. The smallest absolute Gasteiger partial charge is 0.330 e. The molecular weight excluding hydrogens is 236 g/mol. The first-order valence-electron chi connectivity index (χ1n) is 7.00. The highest BCUT2D eigenvalue weighted by Crippen LogP contribution is 2.22. The Labute approximate surface area is 116 Å². The molecule has 0 aliphatic rings. The van der Waals surface area contributed by atoms with Crippen molar-refractivity contribution in [2.75, 3.05) is 7.11 Å². The highest BCUT2D eigenvalue weighted by atomic mass is 16.5. The number of hydrogen-bond acceptors (Lipinski definition) is 2. The average Bonchev–Trinajstić information content (AvgIpc) is 2.38. The molecule has 19 heavy (non-hydrogen) atoms. The van der Waals surface area contributed by atoms with Gasteiger partial charge < -0.3 is 4.74 Å². The van der Waals surface area contributed by atoms with Crippen LogP contribution in [0.5, 0.6) is 0 Å². The summed E-state index contributed by atoms with van der Waals surface area (Å²) in [5.74, 6) is -0.300. The molecule has 1 rings (SSSR count). The van der Waals surface area contributed by atoms with E-state index in [1.807, 2.05) is 6.08 Å². The molecule has 0 atom stereocenters. The van der Waals surface area contributed by atoms with E-state index in [1.54, 1.807) is 0 Å². The highest BCUT2D eigenvalue weighted by molar-refractivity contribution is 5.87. The fraction of sp³-hybridized carbons (Fsp3) is 0.471. The molecule has 1 aromatic rings. The lowest BCUT2D eigenvalue weighted by atomic mass is 9.92. The van der Waals surface area contributed by atoms with Crippen LogP contribution < -0.4 is 0 Å². The Balaban J connectivity index is 3.21. The van der Waals surface area contributed by atoms with Crippen molar-refractivity contribution >= 4 is 12.0 Å². The molecular formula is C17H24O2. The van der Waals surface area contributed by atoms with Crippen molar-refractivity contribution in [3.8, 4) is 0 Å². The summed E-state index contributed by atoms with van der Waals surface area (Å²) in [5, 5.41) is 0. The van der Waals surface area contributed by atoms with Gasteiger partial charge >= 0.3 is 5.97 Å². The summed E-state index contributed by atoms with van der Waals surface area (Å²) in [6.45, 7) is 6.48. The maximum absolute atomic E-state index is 11.3. The zero-order chi connectivity index (χ0) is 14.3. The molecule has 1 aromatic carbocycles. The Morgan fingerprint density at radius 3 is 2.11 bits per heavy atom. The third-order valence-electron chi connectivity index (χ3n) is 3.12. The summed E-state index contributed by atoms with van der Waals surface area (Å²) in [7, 11) is 1.40. The van der Waals surface area contributed by atoms with E-state index >= 15 is 0 Å². The molecule has 0 aliphatic carbocycles. The van der Waals surface area contributed by atoms with Crippen molar-refractivity contribution in [2.45, 2.75) is 46.5 Å². The van der Waals surface area contributed by atoms with E-state index in [1.165, 1.54) is 35.4 Å². The van der Waals surface area contributed by atoms with Gasteiger partial charge in [0.25, 0.3) is 0 Å². The van der Waals surface area contributed by atoms with Crippen molar-refractivity contribution < 1.29 is 9.53 Å². The van der Waals surface area contributed by atoms with E-state index < -0.39 is 0 Å². The van der Waals surface area contributed by atoms with E-state index in [0.29, 0.717) is 0 Å². The Hall–Kier alpha value is -1.57. The van der Waals surface area contributed by atoms with Gasteiger partial charge in [-0.15, -0.1) is 0 Å². The van der Waals surface area contributed by atoms with Crippen LogP contribution in [0.1, 0.15) is 48.9 Å². The summed E-state index contributed by atoms with van der Waals surface area (Å²) in [6, 6.07) is 4.44. The molecule has 0 spiro atoms. The summed E-state index contributed by atoms with van der Waals surface area (Å²) < 4.78 is 4.67. The molecule has 0 bridgehead atoms. The Morgan fingerprint density at radius 1 is 1.16 bits per heavy atom. The zero-order valence-corrected chi connectivity index (χ0v) is 12.5. The van der Waals surface area contributed by atoms with E-state index in [4.69, 9.17) is 0 Å². The second-order valence-electron chi connectivity index (χ2n) is 4.85. The van der Waals surface area contributed by atoms with Gasteiger partial charge in [-0.3, -0.25) is 0 Å². The van der Waals surface area contributed by atoms with Gasteiger partial charge in [0.1, 0.15) is 0 Å². The number of carbonyl (C=O) groups excluding carboxylic acids is 1. The number of aryl methyl sites for hydroxylation is 3. The minimum absolute atomic E-state index is 0.300. The van der Waals surface area contributed by atoms with Gasteiger partial charge in [0, 0.05) is 6.08 Å². The predicted molar refractivity (Wildman–Crippen MR) is 80.2 cm³/mol. The first-order chi connectivity index (χ1) is 9.12. The quantitative estimate of drug-likeness (QED) is 0.569. The predicted octanol–water partition coefficient (Wildman–Crippen LogP) is 4.09. The summed E-state index contributed by atoms with van der Waals surface area (Å²) in [5.41, 5.74) is 5.14. The third kappa shape index (κ3) is 4.55. The van der Waals surface area contributed by atoms with Crippen molar-refractivity contribution in [3.63, 3.8) is 0 Å². The monoisotopic (exact) mass is 260 g/mol. The van der Waals surface area contributed by atoms with E-state index in [9.17, 15) is 4.79 Å². The first-order valence-corrected chi connectivity index (χ1v) is 7.00. The second-order valence-corrected chi connectivity index (χ2v) is 4.85. The summed E-state index contributed by atoms with van der Waals surface area (Å²) in [6.07, 6.45) is 7.71. The maximum atomic E-state index is 11.3. The van der Waals surface area contributed by atoms with Crippen LogP contribution in [-0.2, 0) is 22.4 Å². The molecule has 0 heterocycles. The van der Waals surface area contributed by atoms with E-state index in [2.05, 4.69) is 37.6 Å². The topological polar surface area (TPSA) is 26.3 Å². The fourth-order valence-electron chi connectivity index (χ4n) is 2.34. The highest BCUT2D eigenvalue weighted by Gasteiger charge is 2.07. The molecule has 0 radical (unpaired) electrons. The fourth-order valence-corrected chi connectivity index (χ4v) is 2.34. The molecule has 0 saturated heterocycles. The molecule has 0 aromatic heterocycles. The standard InChI is InChI=1S/C17H24O2/c1-5-7-14-11-13(3)12-15(8-6-2)16(14)9-10-17(18)19-4/h9-12H,5-8H2,1-4H3/b10-9+. The number of hydrogen-bond donors (Lipinski definition) is 0. The second kappa shape index (κ2) is 7.78. The molecule has 0 aliphatic heterocycles. The molecule has 104 valence electrons. The minimum atomic E-state index is -0.300. The summed E-state index contributed by atoms with van der Waals surface area (Å²) >= 11 is 0. The largest absolute Gasteiger partial charge is 0.466 e. The van der Waals surface area contributed by atoms with Crippen molar-refractivity contribution in [3.05, 3.63) is 40.5 Å². The van der Waals surface area contributed by atoms with Gasteiger partial charge in [-0.25, -0.2) is 4.79 Å². The van der Waals surface area contributed by atoms with E-state index in [-0.39, 0.29) is 5.97 Å². The van der Waals surface area contributed by atoms with Crippen molar-refractivity contribution in [2.24, 2.45) is 0 Å². The lowest BCUT2D eigenvalue weighted by Crippen LogP contribution is -1.99. The zero-order valence-electron chi connectivity index (χ0n) is 12.5. The lowest BCUT2D eigenvalue weighted by molar-refractivity contribution is -0.134. The van der Waals surface area contributed by atoms with Crippen LogP contribution in [0.3, 0.4) is 0 Å². The first kappa shape index (κ1) is 15.5. The normalized spacial score (nSPS) is 10.9.